The summed E-state index contributed by atoms with van der Waals surface area (Å²) < 4.78 is 15.2. The molecule has 1 fully saturated rings. The lowest BCUT2D eigenvalue weighted by atomic mass is 9.85. The van der Waals surface area contributed by atoms with Gasteiger partial charge in [0.05, 0.1) is 23.2 Å². The Hall–Kier alpha value is -4.07. The predicted molar refractivity (Wildman–Crippen MR) is 127 cm³/mol. The highest BCUT2D eigenvalue weighted by atomic mass is 19.1. The van der Waals surface area contributed by atoms with Crippen molar-refractivity contribution >= 4 is 17.7 Å². The summed E-state index contributed by atoms with van der Waals surface area (Å²) in [6.07, 6.45) is 6.90. The number of carbonyl (C=O) groups excluding carboxylic acids is 3. The lowest BCUT2D eigenvalue weighted by Gasteiger charge is -2.14. The normalized spacial score (nSPS) is 19.2. The van der Waals surface area contributed by atoms with Gasteiger partial charge in [0.25, 0.3) is 0 Å². The van der Waals surface area contributed by atoms with Crippen molar-refractivity contribution in [1.29, 1.82) is 0 Å². The fraction of sp³-hybridized carbons (Fsp3) is 0.259. The minimum atomic E-state index is -0.340. The van der Waals surface area contributed by atoms with Crippen LogP contribution in [0.2, 0.25) is 0 Å². The molecule has 35 heavy (non-hydrogen) atoms. The zero-order valence-electron chi connectivity index (χ0n) is 19.1. The Kier molecular flexibility index (Phi) is 6.27. The maximum atomic E-state index is 13.5. The summed E-state index contributed by atoms with van der Waals surface area (Å²) in [6.45, 7) is 0.278. The molecular formula is C27H25FN4O3. The van der Waals surface area contributed by atoms with E-state index in [1.165, 1.54) is 17.0 Å². The van der Waals surface area contributed by atoms with Crippen LogP contribution in [-0.4, -0.2) is 38.9 Å². The van der Waals surface area contributed by atoms with Crippen molar-refractivity contribution in [3.63, 3.8) is 0 Å². The number of likely N-dealkylation sites (tertiary alicyclic amines) is 1. The van der Waals surface area contributed by atoms with Crippen LogP contribution in [0, 0.1) is 17.7 Å². The molecule has 2 aliphatic rings. The molecule has 0 spiro atoms. The maximum Gasteiger partial charge on any atom is 0.233 e. The smallest absolute Gasteiger partial charge is 0.233 e. The number of para-hydroxylation sites is 1. The third-order valence-electron chi connectivity index (χ3n) is 6.57. The fourth-order valence-corrected chi connectivity index (χ4v) is 4.69. The van der Waals surface area contributed by atoms with Gasteiger partial charge in [0.2, 0.25) is 17.7 Å². The van der Waals surface area contributed by atoms with Gasteiger partial charge in [-0.2, -0.15) is 5.10 Å². The summed E-state index contributed by atoms with van der Waals surface area (Å²) in [5.74, 6) is -1.56. The van der Waals surface area contributed by atoms with Crippen molar-refractivity contribution in [3.8, 4) is 16.9 Å². The van der Waals surface area contributed by atoms with E-state index in [0.29, 0.717) is 18.5 Å². The molecule has 1 N–H and O–H groups in total. The van der Waals surface area contributed by atoms with Gasteiger partial charge in [0.1, 0.15) is 5.82 Å². The number of rotatable bonds is 7. The van der Waals surface area contributed by atoms with Crippen LogP contribution < -0.4 is 5.32 Å². The summed E-state index contributed by atoms with van der Waals surface area (Å²) in [6, 6.07) is 15.6. The average molecular weight is 473 g/mol. The van der Waals surface area contributed by atoms with E-state index < -0.39 is 0 Å². The minimum absolute atomic E-state index is 0.0308. The lowest BCUT2D eigenvalue weighted by molar-refractivity contribution is -0.140. The van der Waals surface area contributed by atoms with Crippen LogP contribution in [0.3, 0.4) is 0 Å². The lowest BCUT2D eigenvalue weighted by Crippen LogP contribution is -2.35. The number of hydrogen-bond acceptors (Lipinski definition) is 4. The van der Waals surface area contributed by atoms with Gasteiger partial charge in [-0.05, 0) is 49.2 Å². The number of halogens is 1. The largest absolute Gasteiger partial charge is 0.352 e. The van der Waals surface area contributed by atoms with Crippen molar-refractivity contribution in [2.75, 3.05) is 6.54 Å². The van der Waals surface area contributed by atoms with Gasteiger partial charge in [-0.25, -0.2) is 9.07 Å². The molecule has 7 nitrogen and oxygen atoms in total. The molecule has 0 unspecified atom stereocenters. The highest BCUT2D eigenvalue weighted by Gasteiger charge is 2.46. The molecule has 8 heteroatoms. The van der Waals surface area contributed by atoms with Crippen LogP contribution in [-0.2, 0) is 20.9 Å². The third-order valence-corrected chi connectivity index (χ3v) is 6.57. The second-order valence-electron chi connectivity index (χ2n) is 8.80. The molecule has 1 aliphatic heterocycles. The van der Waals surface area contributed by atoms with Crippen molar-refractivity contribution in [3.05, 3.63) is 84.3 Å². The summed E-state index contributed by atoms with van der Waals surface area (Å²) in [4.78, 5) is 39.1. The zero-order valence-corrected chi connectivity index (χ0v) is 19.1. The Morgan fingerprint density at radius 2 is 1.63 bits per heavy atom. The van der Waals surface area contributed by atoms with Gasteiger partial charge in [0, 0.05) is 36.8 Å². The monoisotopic (exact) mass is 472 g/mol. The summed E-state index contributed by atoms with van der Waals surface area (Å²) in [7, 11) is 0. The van der Waals surface area contributed by atoms with Gasteiger partial charge in [0.15, 0.2) is 0 Å². The average Bonchev–Trinajstić information content (AvgIpc) is 3.42. The van der Waals surface area contributed by atoms with Crippen LogP contribution in [0.15, 0.2) is 72.9 Å². The number of aromatic nitrogens is 2. The number of nitrogens with zero attached hydrogens (tertiary/aromatic N) is 3. The molecule has 1 aliphatic carbocycles. The minimum Gasteiger partial charge on any atom is -0.352 e. The number of hydrogen-bond donors (Lipinski definition) is 1. The summed E-state index contributed by atoms with van der Waals surface area (Å²) >= 11 is 0. The van der Waals surface area contributed by atoms with E-state index in [2.05, 4.69) is 10.4 Å². The number of carbonyl (C=O) groups is 3. The molecule has 2 heterocycles. The van der Waals surface area contributed by atoms with Crippen LogP contribution in [0.25, 0.3) is 16.9 Å². The Labute approximate surface area is 202 Å². The highest BCUT2D eigenvalue weighted by Crippen LogP contribution is 2.35. The first-order valence-corrected chi connectivity index (χ1v) is 11.7. The third kappa shape index (κ3) is 4.64. The van der Waals surface area contributed by atoms with E-state index in [-0.39, 0.29) is 54.9 Å². The number of benzene rings is 2. The first-order chi connectivity index (χ1) is 17.0. The molecule has 3 amide bonds. The van der Waals surface area contributed by atoms with Crippen molar-refractivity contribution < 1.29 is 18.8 Å². The van der Waals surface area contributed by atoms with E-state index >= 15 is 0 Å². The van der Waals surface area contributed by atoms with Crippen LogP contribution in [0.4, 0.5) is 4.39 Å². The Balaban J connectivity index is 1.27. The second-order valence-corrected chi connectivity index (χ2v) is 8.80. The Morgan fingerprint density at radius 1 is 0.971 bits per heavy atom. The molecule has 5 rings (SSSR count). The molecule has 1 aromatic heterocycles. The molecule has 2 aromatic carbocycles. The Bertz CT molecular complexity index is 1260. The van der Waals surface area contributed by atoms with Crippen molar-refractivity contribution in [2.24, 2.45) is 11.8 Å². The summed E-state index contributed by atoms with van der Waals surface area (Å²) in [5, 5.41) is 7.54. The number of imide groups is 1. The van der Waals surface area contributed by atoms with E-state index in [1.54, 1.807) is 16.8 Å². The van der Waals surface area contributed by atoms with Crippen LogP contribution in [0.1, 0.15) is 24.8 Å². The highest BCUT2D eigenvalue weighted by molar-refractivity contribution is 6.05. The van der Waals surface area contributed by atoms with Crippen LogP contribution in [0.5, 0.6) is 0 Å². The molecule has 2 atom stereocenters. The molecule has 3 aromatic rings. The predicted octanol–water partition coefficient (Wildman–Crippen LogP) is 3.64. The van der Waals surface area contributed by atoms with E-state index in [0.717, 1.165) is 16.8 Å². The van der Waals surface area contributed by atoms with E-state index in [4.69, 9.17) is 0 Å². The van der Waals surface area contributed by atoms with Gasteiger partial charge in [-0.3, -0.25) is 19.3 Å². The molecule has 0 saturated carbocycles. The topological polar surface area (TPSA) is 84.3 Å². The first-order valence-electron chi connectivity index (χ1n) is 11.7. The molecule has 0 radical (unpaired) electrons. The number of nitrogens with one attached hydrogen (secondary N) is 1. The zero-order chi connectivity index (χ0) is 24.4. The SMILES string of the molecule is O=C(CCN1C(=O)[C@@H]2CC=CC[C@H]2C1=O)NCc1cn(-c2ccccc2)nc1-c1ccc(F)cc1. The maximum absolute atomic E-state index is 13.5. The molecule has 178 valence electrons. The van der Waals surface area contributed by atoms with E-state index in [1.807, 2.05) is 48.7 Å². The first kappa shape index (κ1) is 22.7. The van der Waals surface area contributed by atoms with Crippen molar-refractivity contribution in [2.45, 2.75) is 25.8 Å². The number of fused-ring (bicyclic) bond motifs is 1. The second kappa shape index (κ2) is 9.66. The quantitative estimate of drug-likeness (QED) is 0.420. The van der Waals surface area contributed by atoms with Crippen molar-refractivity contribution in [1.82, 2.24) is 20.0 Å². The summed E-state index contributed by atoms with van der Waals surface area (Å²) in [5.41, 5.74) is 2.99. The van der Waals surface area contributed by atoms with Gasteiger partial charge in [-0.15, -0.1) is 0 Å². The molecule has 0 bridgehead atoms. The van der Waals surface area contributed by atoms with Crippen LogP contribution >= 0.6 is 0 Å². The van der Waals surface area contributed by atoms with Gasteiger partial charge in [-0.1, -0.05) is 30.4 Å². The Morgan fingerprint density at radius 3 is 2.29 bits per heavy atom. The number of amides is 3. The fourth-order valence-electron chi connectivity index (χ4n) is 4.69. The van der Waals surface area contributed by atoms with E-state index in [9.17, 15) is 18.8 Å². The molecule has 1 saturated heterocycles. The standard InChI is InChI=1S/C27H25FN4O3/c28-20-12-10-18(11-13-20)25-19(17-32(30-25)21-6-2-1-3-7-21)16-29-24(33)14-15-31-26(34)22-8-4-5-9-23(22)27(31)35/h1-7,10-13,17,22-23H,8-9,14-16H2,(H,29,33)/t22-,23-/m1/s1. The number of allylic oxidation sites excluding steroid dienone is 2. The van der Waals surface area contributed by atoms with Gasteiger partial charge >= 0.3 is 0 Å². The van der Waals surface area contributed by atoms with Gasteiger partial charge < -0.3 is 5.32 Å². The molecular weight excluding hydrogens is 447 g/mol.